The molecule has 0 radical (unpaired) electrons. The molecule has 0 saturated heterocycles. The lowest BCUT2D eigenvalue weighted by molar-refractivity contribution is 0.0524. The van der Waals surface area contributed by atoms with Crippen LogP contribution in [0.15, 0.2) is 4.21 Å². The van der Waals surface area contributed by atoms with E-state index in [4.69, 9.17) is 10.5 Å². The van der Waals surface area contributed by atoms with Crippen molar-refractivity contribution in [3.05, 3.63) is 10.4 Å². The fourth-order valence-electron chi connectivity index (χ4n) is 1.32. The third kappa shape index (κ3) is 2.78. The number of anilines is 1. The lowest BCUT2D eigenvalue weighted by Crippen LogP contribution is -2.21. The van der Waals surface area contributed by atoms with Crippen molar-refractivity contribution in [1.82, 2.24) is 4.90 Å². The molecule has 0 fully saturated rings. The topological polar surface area (TPSA) is 72.6 Å². The quantitative estimate of drug-likeness (QED) is 0.677. The van der Waals surface area contributed by atoms with E-state index in [1.807, 2.05) is 6.26 Å². The van der Waals surface area contributed by atoms with Crippen molar-refractivity contribution in [2.24, 2.45) is 0 Å². The standard InChI is InChI=1S/C11H16N2O3S2/c1-5-16-10(15)6-7(12)8(9(14)13(2)3)18-11(6)17-4/h5,12H2,1-4H3. The number of carbonyl (C=O) groups is 2. The second-order valence-electron chi connectivity index (χ2n) is 3.63. The van der Waals surface area contributed by atoms with Crippen molar-refractivity contribution in [3.8, 4) is 0 Å². The molecule has 0 spiro atoms. The molecule has 0 bridgehead atoms. The number of thiophene rings is 1. The Morgan fingerprint density at radius 2 is 2.06 bits per heavy atom. The van der Waals surface area contributed by atoms with Crippen LogP contribution in [0.25, 0.3) is 0 Å². The summed E-state index contributed by atoms with van der Waals surface area (Å²) in [6.45, 7) is 2.00. The molecular weight excluding hydrogens is 272 g/mol. The molecule has 1 rings (SSSR count). The highest BCUT2D eigenvalue weighted by atomic mass is 32.2. The maximum Gasteiger partial charge on any atom is 0.342 e. The monoisotopic (exact) mass is 288 g/mol. The average molecular weight is 288 g/mol. The van der Waals surface area contributed by atoms with Crippen LogP contribution in [0.3, 0.4) is 0 Å². The highest BCUT2D eigenvalue weighted by molar-refractivity contribution is 8.00. The number of esters is 1. The van der Waals surface area contributed by atoms with Crippen molar-refractivity contribution in [1.29, 1.82) is 0 Å². The van der Waals surface area contributed by atoms with Crippen molar-refractivity contribution in [2.45, 2.75) is 11.1 Å². The Balaban J connectivity index is 3.26. The van der Waals surface area contributed by atoms with Crippen molar-refractivity contribution in [2.75, 3.05) is 32.7 Å². The molecule has 1 heterocycles. The predicted molar refractivity (Wildman–Crippen MR) is 74.5 cm³/mol. The number of rotatable bonds is 4. The fraction of sp³-hybridized carbons (Fsp3) is 0.455. The largest absolute Gasteiger partial charge is 0.462 e. The van der Waals surface area contributed by atoms with Gasteiger partial charge in [-0.1, -0.05) is 0 Å². The molecule has 100 valence electrons. The molecule has 18 heavy (non-hydrogen) atoms. The van der Waals surface area contributed by atoms with E-state index in [9.17, 15) is 9.59 Å². The molecule has 0 aliphatic heterocycles. The summed E-state index contributed by atoms with van der Waals surface area (Å²) < 4.78 is 5.66. The van der Waals surface area contributed by atoms with E-state index >= 15 is 0 Å². The number of carbonyl (C=O) groups excluding carboxylic acids is 2. The number of nitrogen functional groups attached to an aromatic ring is 1. The van der Waals surface area contributed by atoms with Crippen LogP contribution in [0.5, 0.6) is 0 Å². The lowest BCUT2D eigenvalue weighted by Gasteiger charge is -2.09. The summed E-state index contributed by atoms with van der Waals surface area (Å²) in [6.07, 6.45) is 1.83. The Morgan fingerprint density at radius 1 is 1.44 bits per heavy atom. The van der Waals surface area contributed by atoms with Gasteiger partial charge in [-0.15, -0.1) is 23.1 Å². The van der Waals surface area contributed by atoms with E-state index in [0.717, 1.165) is 0 Å². The molecule has 0 aliphatic carbocycles. The van der Waals surface area contributed by atoms with Crippen LogP contribution in [0, 0.1) is 0 Å². The molecular formula is C11H16N2O3S2. The minimum Gasteiger partial charge on any atom is -0.462 e. The van der Waals surface area contributed by atoms with Crippen molar-refractivity contribution in [3.63, 3.8) is 0 Å². The number of amides is 1. The van der Waals surface area contributed by atoms with E-state index < -0.39 is 5.97 Å². The average Bonchev–Trinajstić information content (AvgIpc) is 2.65. The summed E-state index contributed by atoms with van der Waals surface area (Å²) in [5.74, 6) is -0.684. The lowest BCUT2D eigenvalue weighted by atomic mass is 10.2. The maximum absolute atomic E-state index is 11.9. The van der Waals surface area contributed by atoms with Crippen LogP contribution in [0.1, 0.15) is 27.0 Å². The smallest absolute Gasteiger partial charge is 0.342 e. The van der Waals surface area contributed by atoms with Gasteiger partial charge in [-0.05, 0) is 13.2 Å². The molecule has 0 aliphatic rings. The number of hydrogen-bond donors (Lipinski definition) is 1. The second-order valence-corrected chi connectivity index (χ2v) is 5.73. The molecule has 0 aromatic carbocycles. The van der Waals surface area contributed by atoms with Gasteiger partial charge in [0.25, 0.3) is 5.91 Å². The molecule has 0 atom stereocenters. The van der Waals surface area contributed by atoms with Gasteiger partial charge in [0.15, 0.2) is 0 Å². The summed E-state index contributed by atoms with van der Waals surface area (Å²) in [7, 11) is 3.29. The third-order valence-electron chi connectivity index (χ3n) is 2.18. The zero-order chi connectivity index (χ0) is 13.9. The molecule has 0 unspecified atom stereocenters. The highest BCUT2D eigenvalue weighted by Crippen LogP contribution is 2.38. The molecule has 2 N–H and O–H groups in total. The SMILES string of the molecule is CCOC(=O)c1c(SC)sc(C(=O)N(C)C)c1N. The van der Waals surface area contributed by atoms with E-state index in [1.165, 1.54) is 28.0 Å². The molecule has 1 amide bonds. The zero-order valence-electron chi connectivity index (χ0n) is 10.8. The molecule has 1 aromatic rings. The first-order chi connectivity index (χ1) is 8.43. The molecule has 1 aromatic heterocycles. The van der Waals surface area contributed by atoms with E-state index in [0.29, 0.717) is 14.6 Å². The minimum absolute atomic E-state index is 0.205. The predicted octanol–water partition coefficient (Wildman–Crippen LogP) is 1.93. The van der Waals surface area contributed by atoms with E-state index in [1.54, 1.807) is 21.0 Å². The fourth-order valence-corrected chi connectivity index (χ4v) is 3.27. The van der Waals surface area contributed by atoms with Crippen LogP contribution in [-0.2, 0) is 4.74 Å². The summed E-state index contributed by atoms with van der Waals surface area (Å²) in [5.41, 5.74) is 6.41. The van der Waals surface area contributed by atoms with Gasteiger partial charge in [0, 0.05) is 14.1 Å². The van der Waals surface area contributed by atoms with Gasteiger partial charge >= 0.3 is 5.97 Å². The molecule has 0 saturated carbocycles. The number of hydrogen-bond acceptors (Lipinski definition) is 6. The van der Waals surface area contributed by atoms with Crippen molar-refractivity contribution < 1.29 is 14.3 Å². The Morgan fingerprint density at radius 3 is 2.50 bits per heavy atom. The Kier molecular flexibility index (Phi) is 5.03. The Hall–Kier alpha value is -1.21. The van der Waals surface area contributed by atoms with Gasteiger partial charge in [-0.3, -0.25) is 4.79 Å². The van der Waals surface area contributed by atoms with Gasteiger partial charge in [0.1, 0.15) is 10.4 Å². The van der Waals surface area contributed by atoms with Crippen LogP contribution in [-0.4, -0.2) is 43.7 Å². The Bertz CT molecular complexity index is 469. The minimum atomic E-state index is -0.478. The zero-order valence-corrected chi connectivity index (χ0v) is 12.4. The third-order valence-corrected chi connectivity index (χ3v) is 4.49. The van der Waals surface area contributed by atoms with Crippen LogP contribution >= 0.6 is 23.1 Å². The number of ether oxygens (including phenoxy) is 1. The summed E-state index contributed by atoms with van der Waals surface area (Å²) in [4.78, 5) is 25.6. The van der Waals surface area contributed by atoms with Crippen molar-refractivity contribution >= 4 is 40.7 Å². The number of nitrogens with two attached hydrogens (primary N) is 1. The normalized spacial score (nSPS) is 10.2. The number of thioether (sulfide) groups is 1. The van der Waals surface area contributed by atoms with Crippen LogP contribution in [0.4, 0.5) is 5.69 Å². The molecule has 7 heteroatoms. The first kappa shape index (κ1) is 14.8. The van der Waals surface area contributed by atoms with Crippen LogP contribution < -0.4 is 5.73 Å². The molecule has 5 nitrogen and oxygen atoms in total. The van der Waals surface area contributed by atoms with Gasteiger partial charge < -0.3 is 15.4 Å². The Labute approximate surface area is 114 Å². The highest BCUT2D eigenvalue weighted by Gasteiger charge is 2.26. The summed E-state index contributed by atoms with van der Waals surface area (Å²) >= 11 is 2.60. The maximum atomic E-state index is 11.9. The number of nitrogens with zero attached hydrogens (tertiary/aromatic N) is 1. The van der Waals surface area contributed by atoms with Crippen LogP contribution in [0.2, 0.25) is 0 Å². The second kappa shape index (κ2) is 6.10. The van der Waals surface area contributed by atoms with Gasteiger partial charge in [-0.2, -0.15) is 0 Å². The summed E-state index contributed by atoms with van der Waals surface area (Å²) in [5, 5.41) is 0. The first-order valence-corrected chi connectivity index (χ1v) is 7.33. The van der Waals surface area contributed by atoms with Gasteiger partial charge in [0.2, 0.25) is 0 Å². The summed E-state index contributed by atoms with van der Waals surface area (Å²) in [6, 6.07) is 0. The first-order valence-electron chi connectivity index (χ1n) is 5.29. The van der Waals surface area contributed by atoms with Gasteiger partial charge in [0.05, 0.1) is 16.5 Å². The van der Waals surface area contributed by atoms with E-state index in [2.05, 4.69) is 0 Å². The van der Waals surface area contributed by atoms with Gasteiger partial charge in [-0.25, -0.2) is 4.79 Å². The van der Waals surface area contributed by atoms with E-state index in [-0.39, 0.29) is 18.2 Å².